The van der Waals surface area contributed by atoms with E-state index in [1.807, 2.05) is 24.3 Å². The van der Waals surface area contributed by atoms with Gasteiger partial charge in [-0.25, -0.2) is 0 Å². The molecule has 0 aromatic heterocycles. The summed E-state index contributed by atoms with van der Waals surface area (Å²) in [7, 11) is 0. The lowest BCUT2D eigenvalue weighted by Gasteiger charge is -2.09. The van der Waals surface area contributed by atoms with E-state index in [1.54, 1.807) is 0 Å². The van der Waals surface area contributed by atoms with Gasteiger partial charge in [-0.05, 0) is 52.6 Å². The zero-order valence-electron chi connectivity index (χ0n) is 9.90. The standard InChI is InChI=1S/C16H13IO/c17-15-8-4-3-7-14(15)16(18)13-9-11-5-1-2-6-12(11)10-13/h1-8,13H,9-10H2. The highest BCUT2D eigenvalue weighted by molar-refractivity contribution is 14.1. The summed E-state index contributed by atoms with van der Waals surface area (Å²) in [5.74, 6) is 0.412. The van der Waals surface area contributed by atoms with E-state index in [1.165, 1.54) is 11.1 Å². The van der Waals surface area contributed by atoms with Crippen LogP contribution in [0, 0.1) is 9.49 Å². The first-order valence-electron chi connectivity index (χ1n) is 6.11. The second-order valence-corrected chi connectivity index (χ2v) is 5.88. The van der Waals surface area contributed by atoms with Gasteiger partial charge in [0.2, 0.25) is 0 Å². The molecule has 0 saturated carbocycles. The minimum Gasteiger partial charge on any atom is -0.294 e. The van der Waals surface area contributed by atoms with E-state index < -0.39 is 0 Å². The zero-order valence-corrected chi connectivity index (χ0v) is 12.1. The molecule has 0 unspecified atom stereocenters. The Morgan fingerprint density at radius 2 is 1.50 bits per heavy atom. The predicted molar refractivity (Wildman–Crippen MR) is 80.8 cm³/mol. The Balaban J connectivity index is 1.87. The molecule has 0 radical (unpaired) electrons. The zero-order chi connectivity index (χ0) is 12.5. The van der Waals surface area contributed by atoms with Gasteiger partial charge < -0.3 is 0 Å². The van der Waals surface area contributed by atoms with Crippen molar-refractivity contribution in [2.45, 2.75) is 12.8 Å². The Bertz CT molecular complexity index is 579. The van der Waals surface area contributed by atoms with Crippen molar-refractivity contribution >= 4 is 28.4 Å². The first-order valence-corrected chi connectivity index (χ1v) is 7.19. The van der Waals surface area contributed by atoms with Gasteiger partial charge in [0, 0.05) is 15.1 Å². The Morgan fingerprint density at radius 3 is 2.11 bits per heavy atom. The summed E-state index contributed by atoms with van der Waals surface area (Å²) in [6, 6.07) is 16.2. The van der Waals surface area contributed by atoms with E-state index in [0.717, 1.165) is 22.0 Å². The Kier molecular flexibility index (Phi) is 3.20. The van der Waals surface area contributed by atoms with Crippen LogP contribution in [-0.2, 0) is 12.8 Å². The number of hydrogen-bond donors (Lipinski definition) is 0. The van der Waals surface area contributed by atoms with Crippen LogP contribution in [0.1, 0.15) is 21.5 Å². The Morgan fingerprint density at radius 1 is 0.944 bits per heavy atom. The van der Waals surface area contributed by atoms with Crippen molar-refractivity contribution in [1.82, 2.24) is 0 Å². The predicted octanol–water partition coefficient (Wildman–Crippen LogP) is 3.89. The Hall–Kier alpha value is -1.16. The number of rotatable bonds is 2. The number of fused-ring (bicyclic) bond motifs is 1. The maximum absolute atomic E-state index is 12.5. The molecule has 0 aliphatic heterocycles. The van der Waals surface area contributed by atoms with Crippen molar-refractivity contribution in [3.05, 3.63) is 68.8 Å². The van der Waals surface area contributed by atoms with Crippen molar-refractivity contribution in [3.8, 4) is 0 Å². The average Bonchev–Trinajstić information content (AvgIpc) is 2.82. The van der Waals surface area contributed by atoms with Crippen molar-refractivity contribution < 1.29 is 4.79 Å². The molecule has 2 aromatic rings. The molecule has 0 atom stereocenters. The molecular formula is C16H13IO. The molecule has 1 aliphatic rings. The summed E-state index contributed by atoms with van der Waals surface area (Å²) >= 11 is 2.24. The van der Waals surface area contributed by atoms with Crippen LogP contribution < -0.4 is 0 Å². The van der Waals surface area contributed by atoms with Crippen molar-refractivity contribution in [1.29, 1.82) is 0 Å². The highest BCUT2D eigenvalue weighted by atomic mass is 127. The third-order valence-corrected chi connectivity index (χ3v) is 4.50. The summed E-state index contributed by atoms with van der Waals surface area (Å²) in [6.07, 6.45) is 1.78. The third kappa shape index (κ3) is 2.09. The maximum atomic E-state index is 12.5. The van der Waals surface area contributed by atoms with Gasteiger partial charge in [0.1, 0.15) is 0 Å². The van der Waals surface area contributed by atoms with Crippen LogP contribution in [-0.4, -0.2) is 5.78 Å². The van der Waals surface area contributed by atoms with Gasteiger partial charge in [-0.1, -0.05) is 42.5 Å². The molecule has 2 aromatic carbocycles. The van der Waals surface area contributed by atoms with Gasteiger partial charge in [0.05, 0.1) is 0 Å². The fourth-order valence-electron chi connectivity index (χ4n) is 2.63. The molecule has 0 heterocycles. The lowest BCUT2D eigenvalue weighted by molar-refractivity contribution is 0.0924. The quantitative estimate of drug-likeness (QED) is 0.595. The molecule has 0 fully saturated rings. The van der Waals surface area contributed by atoms with E-state index in [0.29, 0.717) is 0 Å². The van der Waals surface area contributed by atoms with Crippen LogP contribution in [0.25, 0.3) is 0 Å². The lowest BCUT2D eigenvalue weighted by Crippen LogP contribution is -2.16. The summed E-state index contributed by atoms with van der Waals surface area (Å²) in [5, 5.41) is 0. The Labute approximate surface area is 120 Å². The molecule has 1 aliphatic carbocycles. The van der Waals surface area contributed by atoms with Crippen LogP contribution in [0.2, 0.25) is 0 Å². The first kappa shape index (κ1) is 11.9. The minimum absolute atomic E-state index is 0.123. The van der Waals surface area contributed by atoms with E-state index in [4.69, 9.17) is 0 Å². The fraction of sp³-hybridized carbons (Fsp3) is 0.188. The molecule has 0 amide bonds. The number of carbonyl (C=O) groups excluding carboxylic acids is 1. The SMILES string of the molecule is O=C(c1ccccc1I)C1Cc2ccccc2C1. The maximum Gasteiger partial charge on any atom is 0.167 e. The van der Waals surface area contributed by atoms with Gasteiger partial charge in [0.15, 0.2) is 5.78 Å². The van der Waals surface area contributed by atoms with Crippen LogP contribution in [0.15, 0.2) is 48.5 Å². The number of benzene rings is 2. The smallest absolute Gasteiger partial charge is 0.167 e. The summed E-state index contributed by atoms with van der Waals surface area (Å²) in [6.45, 7) is 0. The highest BCUT2D eigenvalue weighted by Crippen LogP contribution is 2.29. The average molecular weight is 348 g/mol. The topological polar surface area (TPSA) is 17.1 Å². The summed E-state index contributed by atoms with van der Waals surface area (Å²) in [4.78, 5) is 12.5. The fourth-order valence-corrected chi connectivity index (χ4v) is 3.28. The first-order chi connectivity index (χ1) is 8.75. The molecule has 0 N–H and O–H groups in total. The number of ketones is 1. The van der Waals surface area contributed by atoms with Crippen LogP contribution in [0.5, 0.6) is 0 Å². The van der Waals surface area contributed by atoms with E-state index in [-0.39, 0.29) is 11.7 Å². The normalized spacial score (nSPS) is 14.5. The largest absolute Gasteiger partial charge is 0.294 e. The summed E-state index contributed by atoms with van der Waals surface area (Å²) < 4.78 is 1.05. The number of carbonyl (C=O) groups is 1. The number of halogens is 1. The van der Waals surface area contributed by atoms with E-state index in [9.17, 15) is 4.79 Å². The number of hydrogen-bond acceptors (Lipinski definition) is 1. The van der Waals surface area contributed by atoms with Gasteiger partial charge in [-0.2, -0.15) is 0 Å². The second kappa shape index (κ2) is 4.84. The van der Waals surface area contributed by atoms with Crippen LogP contribution in [0.4, 0.5) is 0 Å². The van der Waals surface area contributed by atoms with Gasteiger partial charge in [0.25, 0.3) is 0 Å². The molecule has 0 saturated heterocycles. The van der Waals surface area contributed by atoms with E-state index >= 15 is 0 Å². The highest BCUT2D eigenvalue weighted by Gasteiger charge is 2.28. The molecular weight excluding hydrogens is 335 g/mol. The van der Waals surface area contributed by atoms with Crippen molar-refractivity contribution in [3.63, 3.8) is 0 Å². The molecule has 0 spiro atoms. The molecule has 0 bridgehead atoms. The molecule has 90 valence electrons. The number of Topliss-reactive ketones (excluding diaryl/α,β-unsaturated/α-hetero) is 1. The van der Waals surface area contributed by atoms with Crippen LogP contribution >= 0.6 is 22.6 Å². The second-order valence-electron chi connectivity index (χ2n) is 4.72. The molecule has 1 nitrogen and oxygen atoms in total. The van der Waals surface area contributed by atoms with Crippen molar-refractivity contribution in [2.24, 2.45) is 5.92 Å². The van der Waals surface area contributed by atoms with Crippen molar-refractivity contribution in [2.75, 3.05) is 0 Å². The van der Waals surface area contributed by atoms with Gasteiger partial charge >= 0.3 is 0 Å². The van der Waals surface area contributed by atoms with E-state index in [2.05, 4.69) is 46.9 Å². The molecule has 2 heteroatoms. The monoisotopic (exact) mass is 348 g/mol. The van der Waals surface area contributed by atoms with Crippen LogP contribution in [0.3, 0.4) is 0 Å². The summed E-state index contributed by atoms with van der Waals surface area (Å²) in [5.41, 5.74) is 3.54. The molecule has 3 rings (SSSR count). The minimum atomic E-state index is 0.123. The van der Waals surface area contributed by atoms with Gasteiger partial charge in [-0.15, -0.1) is 0 Å². The third-order valence-electron chi connectivity index (χ3n) is 3.56. The molecule has 18 heavy (non-hydrogen) atoms. The lowest BCUT2D eigenvalue weighted by atomic mass is 9.95. The van der Waals surface area contributed by atoms with Gasteiger partial charge in [-0.3, -0.25) is 4.79 Å².